The van der Waals surface area contributed by atoms with E-state index in [9.17, 15) is 9.59 Å². The van der Waals surface area contributed by atoms with Gasteiger partial charge < -0.3 is 0 Å². The lowest BCUT2D eigenvalue weighted by atomic mass is 10.1. The predicted octanol–water partition coefficient (Wildman–Crippen LogP) is 4.44. The molecule has 1 aromatic heterocycles. The molecule has 5 heteroatoms. The summed E-state index contributed by atoms with van der Waals surface area (Å²) in [4.78, 5) is 30.1. The maximum absolute atomic E-state index is 13.0. The van der Waals surface area contributed by atoms with Crippen LogP contribution < -0.4 is 5.56 Å². The quantitative estimate of drug-likeness (QED) is 0.586. The Labute approximate surface area is 153 Å². The molecule has 0 spiro atoms. The lowest BCUT2D eigenvalue weighted by molar-refractivity contribution is -0.118. The molecule has 1 saturated carbocycles. The van der Waals surface area contributed by atoms with E-state index in [0.29, 0.717) is 35.2 Å². The number of fused-ring (bicyclic) bond motifs is 1. The van der Waals surface area contributed by atoms with Crippen molar-refractivity contribution in [3.8, 4) is 0 Å². The summed E-state index contributed by atoms with van der Waals surface area (Å²) in [7, 11) is 0. The third-order valence-electron chi connectivity index (χ3n) is 4.75. The topological polar surface area (TPSA) is 52.0 Å². The third-order valence-corrected chi connectivity index (χ3v) is 6.06. The monoisotopic (exact) mass is 358 g/mol. The molecule has 1 aliphatic rings. The van der Waals surface area contributed by atoms with Crippen LogP contribution in [0.2, 0.25) is 0 Å². The first kappa shape index (κ1) is 18.2. The first-order valence-corrected chi connectivity index (χ1v) is 10.1. The summed E-state index contributed by atoms with van der Waals surface area (Å²) in [5, 5.41) is 1.29. The van der Waals surface area contributed by atoms with Gasteiger partial charge in [-0.15, -0.1) is 0 Å². The van der Waals surface area contributed by atoms with Crippen LogP contribution >= 0.6 is 11.8 Å². The Balaban J connectivity index is 2.00. The Hall–Kier alpha value is -1.62. The van der Waals surface area contributed by atoms with E-state index in [2.05, 4.69) is 13.8 Å². The van der Waals surface area contributed by atoms with Gasteiger partial charge >= 0.3 is 0 Å². The van der Waals surface area contributed by atoms with Crippen LogP contribution in [-0.4, -0.2) is 20.6 Å². The lowest BCUT2D eigenvalue weighted by Crippen LogP contribution is -2.26. The Morgan fingerprint density at radius 3 is 2.80 bits per heavy atom. The fourth-order valence-corrected chi connectivity index (χ4v) is 4.44. The molecule has 0 saturated heterocycles. The summed E-state index contributed by atoms with van der Waals surface area (Å²) in [6.07, 6.45) is 5.65. The van der Waals surface area contributed by atoms with Gasteiger partial charge in [0.1, 0.15) is 5.78 Å². The second kappa shape index (κ2) is 8.17. The van der Waals surface area contributed by atoms with Crippen LogP contribution in [0.25, 0.3) is 10.9 Å². The number of carbonyl (C=O) groups excluding carboxylic acids is 1. The molecule has 0 radical (unpaired) electrons. The number of hydrogen-bond acceptors (Lipinski definition) is 4. The van der Waals surface area contributed by atoms with Crippen molar-refractivity contribution in [2.45, 2.75) is 69.3 Å². The second-order valence-electron chi connectivity index (χ2n) is 7.22. The van der Waals surface area contributed by atoms with E-state index in [1.807, 2.05) is 24.3 Å². The summed E-state index contributed by atoms with van der Waals surface area (Å²) in [6.45, 7) is 4.96. The molecule has 1 heterocycles. The summed E-state index contributed by atoms with van der Waals surface area (Å²) in [5.74, 6) is 0.816. The first-order valence-electron chi connectivity index (χ1n) is 9.25. The number of benzene rings is 1. The molecule has 0 aliphatic heterocycles. The zero-order chi connectivity index (χ0) is 17.8. The van der Waals surface area contributed by atoms with Gasteiger partial charge in [0.05, 0.1) is 16.2 Å². The number of nitrogens with zero attached hydrogens (tertiary/aromatic N) is 2. The highest BCUT2D eigenvalue weighted by Gasteiger charge is 2.24. The molecule has 1 unspecified atom stereocenters. The molecule has 1 aromatic carbocycles. The highest BCUT2D eigenvalue weighted by molar-refractivity contribution is 8.00. The van der Waals surface area contributed by atoms with Crippen molar-refractivity contribution in [2.24, 2.45) is 5.92 Å². The van der Waals surface area contributed by atoms with Crippen molar-refractivity contribution in [3.05, 3.63) is 34.6 Å². The van der Waals surface area contributed by atoms with Crippen molar-refractivity contribution < 1.29 is 4.79 Å². The summed E-state index contributed by atoms with van der Waals surface area (Å²) >= 11 is 1.50. The molecule has 1 atom stereocenters. The molecule has 3 rings (SSSR count). The Kier molecular flexibility index (Phi) is 5.94. The van der Waals surface area contributed by atoms with Gasteiger partial charge in [0.2, 0.25) is 0 Å². The first-order chi connectivity index (χ1) is 12.1. The fourth-order valence-electron chi connectivity index (χ4n) is 3.20. The zero-order valence-corrected chi connectivity index (χ0v) is 15.8. The van der Waals surface area contributed by atoms with Gasteiger partial charge in [-0.3, -0.25) is 14.2 Å². The van der Waals surface area contributed by atoms with Gasteiger partial charge in [-0.2, -0.15) is 0 Å². The summed E-state index contributed by atoms with van der Waals surface area (Å²) in [5.41, 5.74) is 0.728. The second-order valence-corrected chi connectivity index (χ2v) is 8.39. The SMILES string of the molecule is CC(C)CCn1c(SC2CCCCCC2=O)nc2ccccc2c1=O. The molecule has 0 bridgehead atoms. The lowest BCUT2D eigenvalue weighted by Gasteiger charge is -2.17. The molecule has 1 fully saturated rings. The van der Waals surface area contributed by atoms with Crippen molar-refractivity contribution in [1.29, 1.82) is 0 Å². The van der Waals surface area contributed by atoms with Gasteiger partial charge in [-0.05, 0) is 37.3 Å². The van der Waals surface area contributed by atoms with Crippen molar-refractivity contribution in [2.75, 3.05) is 0 Å². The summed E-state index contributed by atoms with van der Waals surface area (Å²) in [6, 6.07) is 7.49. The Morgan fingerprint density at radius 1 is 1.20 bits per heavy atom. The molecule has 25 heavy (non-hydrogen) atoms. The van der Waals surface area contributed by atoms with Crippen molar-refractivity contribution in [3.63, 3.8) is 0 Å². The minimum Gasteiger partial charge on any atom is -0.298 e. The normalized spacial score (nSPS) is 18.7. The number of aromatic nitrogens is 2. The van der Waals surface area contributed by atoms with Crippen molar-refractivity contribution in [1.82, 2.24) is 9.55 Å². The van der Waals surface area contributed by atoms with Gasteiger partial charge in [0, 0.05) is 13.0 Å². The van der Waals surface area contributed by atoms with Crippen LogP contribution in [0.1, 0.15) is 52.4 Å². The molecule has 1 aliphatic carbocycles. The van der Waals surface area contributed by atoms with Gasteiger partial charge in [0.15, 0.2) is 5.16 Å². The largest absolute Gasteiger partial charge is 0.298 e. The number of para-hydroxylation sites is 1. The number of thioether (sulfide) groups is 1. The fraction of sp³-hybridized carbons (Fsp3) is 0.550. The van der Waals surface area contributed by atoms with Crippen LogP contribution in [0.5, 0.6) is 0 Å². The minimum absolute atomic E-state index is 0.00909. The van der Waals surface area contributed by atoms with E-state index >= 15 is 0 Å². The van der Waals surface area contributed by atoms with Crippen LogP contribution in [-0.2, 0) is 11.3 Å². The number of carbonyl (C=O) groups is 1. The van der Waals surface area contributed by atoms with Crippen molar-refractivity contribution >= 4 is 28.4 Å². The zero-order valence-electron chi connectivity index (χ0n) is 15.0. The maximum atomic E-state index is 13.0. The molecular formula is C20H26N2O2S. The standard InChI is InChI=1S/C20H26N2O2S/c1-14(2)12-13-22-19(24)15-8-6-7-9-16(15)21-20(22)25-18-11-5-3-4-10-17(18)23/h6-9,14,18H,3-5,10-13H2,1-2H3. The van der Waals surface area contributed by atoms with E-state index in [1.165, 1.54) is 11.8 Å². The van der Waals surface area contributed by atoms with E-state index in [0.717, 1.165) is 37.6 Å². The van der Waals surface area contributed by atoms with Crippen LogP contribution in [0.15, 0.2) is 34.2 Å². The van der Waals surface area contributed by atoms with Gasteiger partial charge in [-0.25, -0.2) is 4.98 Å². The smallest absolute Gasteiger partial charge is 0.262 e. The molecule has 0 N–H and O–H groups in total. The third kappa shape index (κ3) is 4.32. The van der Waals surface area contributed by atoms with Crippen LogP contribution in [0, 0.1) is 5.92 Å². The molecule has 2 aromatic rings. The number of rotatable bonds is 5. The molecule has 4 nitrogen and oxygen atoms in total. The van der Waals surface area contributed by atoms with E-state index < -0.39 is 0 Å². The Bertz CT molecular complexity index is 813. The Morgan fingerprint density at radius 2 is 2.00 bits per heavy atom. The van der Waals surface area contributed by atoms with E-state index in [-0.39, 0.29) is 10.8 Å². The average Bonchev–Trinajstić information content (AvgIpc) is 2.79. The van der Waals surface area contributed by atoms with Crippen LogP contribution in [0.3, 0.4) is 0 Å². The van der Waals surface area contributed by atoms with E-state index in [1.54, 1.807) is 4.57 Å². The molecule has 134 valence electrons. The number of Topliss-reactive ketones (excluding diaryl/α,β-unsaturated/α-hetero) is 1. The average molecular weight is 359 g/mol. The highest BCUT2D eigenvalue weighted by Crippen LogP contribution is 2.30. The maximum Gasteiger partial charge on any atom is 0.262 e. The number of hydrogen-bond donors (Lipinski definition) is 0. The molecule has 0 amide bonds. The predicted molar refractivity (Wildman–Crippen MR) is 103 cm³/mol. The van der Waals surface area contributed by atoms with Gasteiger partial charge in [-0.1, -0.05) is 50.6 Å². The van der Waals surface area contributed by atoms with E-state index in [4.69, 9.17) is 4.98 Å². The minimum atomic E-state index is -0.0686. The highest BCUT2D eigenvalue weighted by atomic mass is 32.2. The summed E-state index contributed by atoms with van der Waals surface area (Å²) < 4.78 is 1.78. The molecular weight excluding hydrogens is 332 g/mol. The van der Waals surface area contributed by atoms with Crippen LogP contribution in [0.4, 0.5) is 0 Å². The van der Waals surface area contributed by atoms with Gasteiger partial charge in [0.25, 0.3) is 5.56 Å². The number of ketones is 1.